The van der Waals surface area contributed by atoms with E-state index in [9.17, 15) is 0 Å². The molecule has 2 aliphatic rings. The van der Waals surface area contributed by atoms with Gasteiger partial charge in [0, 0.05) is 22.0 Å². The second-order valence-electron chi connectivity index (χ2n) is 7.67. The van der Waals surface area contributed by atoms with Gasteiger partial charge in [-0.15, -0.1) is 11.3 Å². The number of halogens is 2. The molecule has 2 aliphatic heterocycles. The molecule has 5 rings (SSSR count). The Morgan fingerprint density at radius 2 is 2.03 bits per heavy atom. The summed E-state index contributed by atoms with van der Waals surface area (Å²) in [4.78, 5) is 1.21. The van der Waals surface area contributed by atoms with E-state index in [4.69, 9.17) is 14.6 Å². The lowest BCUT2D eigenvalue weighted by Crippen LogP contribution is -2.33. The van der Waals surface area contributed by atoms with E-state index >= 15 is 0 Å². The van der Waals surface area contributed by atoms with Gasteiger partial charge in [0.05, 0.1) is 27.7 Å². The summed E-state index contributed by atoms with van der Waals surface area (Å²) in [6.07, 6.45) is 2.74. The second-order valence-corrected chi connectivity index (χ2v) is 10.4. The van der Waals surface area contributed by atoms with Crippen LogP contribution < -0.4 is 9.47 Å². The van der Waals surface area contributed by atoms with E-state index in [2.05, 4.69) is 79.5 Å². The van der Waals surface area contributed by atoms with E-state index in [1.165, 1.54) is 4.88 Å². The first-order chi connectivity index (χ1) is 15.1. The number of hydrogen-bond donors (Lipinski definition) is 0. The molecule has 160 valence electrons. The van der Waals surface area contributed by atoms with Gasteiger partial charge in [0.2, 0.25) is 6.23 Å². The number of rotatable bonds is 6. The van der Waals surface area contributed by atoms with E-state index in [-0.39, 0.29) is 12.3 Å². The molecule has 1 aromatic heterocycles. The first kappa shape index (κ1) is 21.0. The van der Waals surface area contributed by atoms with Crippen molar-refractivity contribution in [3.8, 4) is 11.5 Å². The molecule has 0 aliphatic carbocycles. The zero-order valence-corrected chi connectivity index (χ0v) is 21.0. The van der Waals surface area contributed by atoms with Crippen molar-refractivity contribution in [3.05, 3.63) is 78.9 Å². The fourth-order valence-electron chi connectivity index (χ4n) is 3.99. The second kappa shape index (κ2) is 8.96. The molecule has 31 heavy (non-hydrogen) atoms. The Balaban J connectivity index is 1.50. The lowest BCUT2D eigenvalue weighted by atomic mass is 9.97. The van der Waals surface area contributed by atoms with Gasteiger partial charge in [0.1, 0.15) is 11.5 Å². The highest BCUT2D eigenvalue weighted by molar-refractivity contribution is 9.11. The summed E-state index contributed by atoms with van der Waals surface area (Å²) in [7, 11) is 0. The van der Waals surface area contributed by atoms with Crippen LogP contribution in [0.2, 0.25) is 0 Å². The molecule has 0 saturated carbocycles. The third-order valence-corrected chi connectivity index (χ3v) is 7.51. The third kappa shape index (κ3) is 4.15. The lowest BCUT2D eigenvalue weighted by Gasteiger charge is -2.38. The van der Waals surface area contributed by atoms with Gasteiger partial charge >= 0.3 is 0 Å². The van der Waals surface area contributed by atoms with Gasteiger partial charge < -0.3 is 9.47 Å². The summed E-state index contributed by atoms with van der Waals surface area (Å²) in [6, 6.07) is 16.7. The minimum Gasteiger partial charge on any atom is -0.494 e. The Morgan fingerprint density at radius 1 is 1.19 bits per heavy atom. The number of fused-ring (bicyclic) bond motifs is 3. The van der Waals surface area contributed by atoms with E-state index in [0.29, 0.717) is 0 Å². The minimum absolute atomic E-state index is 0.125. The van der Waals surface area contributed by atoms with Crippen LogP contribution >= 0.6 is 43.2 Å². The van der Waals surface area contributed by atoms with Crippen LogP contribution in [0.3, 0.4) is 0 Å². The molecule has 0 N–H and O–H groups in total. The topological polar surface area (TPSA) is 34.1 Å². The predicted molar refractivity (Wildman–Crippen MR) is 132 cm³/mol. The summed E-state index contributed by atoms with van der Waals surface area (Å²) in [6.45, 7) is 2.91. The number of benzene rings is 2. The Labute approximate surface area is 203 Å². The summed E-state index contributed by atoms with van der Waals surface area (Å²) in [5.41, 5.74) is 3.31. The molecular formula is C24H22Br2N2O2S. The highest BCUT2D eigenvalue weighted by Crippen LogP contribution is 2.51. The molecule has 3 aromatic rings. The number of hydrazone groups is 1. The maximum atomic E-state index is 6.54. The van der Waals surface area contributed by atoms with Crippen molar-refractivity contribution in [2.24, 2.45) is 5.10 Å². The van der Waals surface area contributed by atoms with E-state index in [1.54, 1.807) is 11.3 Å². The molecule has 0 radical (unpaired) electrons. The van der Waals surface area contributed by atoms with Crippen molar-refractivity contribution in [1.82, 2.24) is 5.01 Å². The standard InChI is InChI=1S/C24H22Br2N2O2S/c1-2-3-10-29-17-8-6-15(7-9-17)24-28-21(14-20(27-28)22-5-4-11-31-22)18-12-16(25)13-19(26)23(18)30-24/h4-9,11-13,21,24H,2-3,10,14H2,1H3/t21-,24+/m0/s1. The number of ether oxygens (including phenoxy) is 2. The van der Waals surface area contributed by atoms with Gasteiger partial charge in [-0.1, -0.05) is 35.3 Å². The molecule has 0 amide bonds. The van der Waals surface area contributed by atoms with Crippen molar-refractivity contribution in [3.63, 3.8) is 0 Å². The van der Waals surface area contributed by atoms with E-state index in [0.717, 1.165) is 63.2 Å². The summed E-state index contributed by atoms with van der Waals surface area (Å²) in [5, 5.41) is 9.24. The van der Waals surface area contributed by atoms with Gasteiger partial charge in [0.15, 0.2) is 0 Å². The Kier molecular flexibility index (Phi) is 6.08. The number of nitrogens with zero attached hydrogens (tertiary/aromatic N) is 2. The maximum absolute atomic E-state index is 6.54. The largest absolute Gasteiger partial charge is 0.494 e. The van der Waals surface area contributed by atoms with Gasteiger partial charge in [-0.2, -0.15) is 5.10 Å². The maximum Gasteiger partial charge on any atom is 0.213 e. The van der Waals surface area contributed by atoms with Gasteiger partial charge in [-0.3, -0.25) is 0 Å². The van der Waals surface area contributed by atoms with Crippen LogP contribution in [-0.2, 0) is 0 Å². The van der Waals surface area contributed by atoms with Crippen molar-refractivity contribution < 1.29 is 9.47 Å². The van der Waals surface area contributed by atoms with Crippen LogP contribution in [0.1, 0.15) is 54.5 Å². The highest BCUT2D eigenvalue weighted by Gasteiger charge is 2.42. The SMILES string of the molecule is CCCCOc1ccc([C@H]2Oc3c(Br)cc(Br)cc3[C@@H]3CC(c4cccs4)=NN23)cc1. The zero-order chi connectivity index (χ0) is 21.4. The monoisotopic (exact) mass is 560 g/mol. The molecule has 4 nitrogen and oxygen atoms in total. The first-order valence-corrected chi connectivity index (χ1v) is 12.9. The Morgan fingerprint density at radius 3 is 2.77 bits per heavy atom. The van der Waals surface area contributed by atoms with Crippen molar-refractivity contribution >= 4 is 48.9 Å². The van der Waals surface area contributed by atoms with Crippen LogP contribution in [0, 0.1) is 0 Å². The molecule has 7 heteroatoms. The van der Waals surface area contributed by atoms with E-state index in [1.807, 2.05) is 18.2 Å². The molecule has 0 unspecified atom stereocenters. The van der Waals surface area contributed by atoms with Gasteiger partial charge in [-0.05, 0) is 70.2 Å². The minimum atomic E-state index is -0.294. The highest BCUT2D eigenvalue weighted by atomic mass is 79.9. The van der Waals surface area contributed by atoms with Gasteiger partial charge in [-0.25, -0.2) is 5.01 Å². The predicted octanol–water partition coefficient (Wildman–Crippen LogP) is 7.69. The zero-order valence-electron chi connectivity index (χ0n) is 17.1. The van der Waals surface area contributed by atoms with Crippen LogP contribution in [-0.4, -0.2) is 17.3 Å². The number of hydrogen-bond acceptors (Lipinski definition) is 5. The average Bonchev–Trinajstić information content (AvgIpc) is 3.44. The molecule has 0 saturated heterocycles. The van der Waals surface area contributed by atoms with Crippen molar-refractivity contribution in [2.75, 3.05) is 6.61 Å². The molecular weight excluding hydrogens is 540 g/mol. The number of unbranched alkanes of at least 4 members (excludes halogenated alkanes) is 1. The number of thiophene rings is 1. The fraction of sp³-hybridized carbons (Fsp3) is 0.292. The molecule has 2 atom stereocenters. The normalized spacial score (nSPS) is 19.5. The summed E-state index contributed by atoms with van der Waals surface area (Å²) >= 11 is 9.06. The fourth-order valence-corrected chi connectivity index (χ4v) is 6.06. The van der Waals surface area contributed by atoms with E-state index < -0.39 is 0 Å². The molecule has 0 spiro atoms. The van der Waals surface area contributed by atoms with Crippen molar-refractivity contribution in [2.45, 2.75) is 38.5 Å². The molecule has 3 heterocycles. The summed E-state index contributed by atoms with van der Waals surface area (Å²) in [5.74, 6) is 1.78. The van der Waals surface area contributed by atoms with Crippen molar-refractivity contribution in [1.29, 1.82) is 0 Å². The smallest absolute Gasteiger partial charge is 0.213 e. The van der Waals surface area contributed by atoms with Crippen LogP contribution in [0.5, 0.6) is 11.5 Å². The van der Waals surface area contributed by atoms with Gasteiger partial charge in [0.25, 0.3) is 0 Å². The lowest BCUT2D eigenvalue weighted by molar-refractivity contribution is -0.0197. The van der Waals surface area contributed by atoms with Crippen LogP contribution in [0.4, 0.5) is 0 Å². The molecule has 0 fully saturated rings. The molecule has 2 aromatic carbocycles. The first-order valence-electron chi connectivity index (χ1n) is 10.4. The Bertz CT molecular complexity index is 1100. The quantitative estimate of drug-likeness (QED) is 0.289. The van der Waals surface area contributed by atoms with Crippen LogP contribution in [0.15, 0.2) is 68.0 Å². The van der Waals surface area contributed by atoms with Crippen LogP contribution in [0.25, 0.3) is 0 Å². The Hall–Kier alpha value is -1.83. The summed E-state index contributed by atoms with van der Waals surface area (Å²) < 4.78 is 14.3. The average molecular weight is 562 g/mol. The third-order valence-electron chi connectivity index (χ3n) is 5.55. The molecule has 0 bridgehead atoms.